The molecule has 0 bridgehead atoms. The predicted molar refractivity (Wildman–Crippen MR) is 85.0 cm³/mol. The summed E-state index contributed by atoms with van der Waals surface area (Å²) in [4.78, 5) is 39.0. The van der Waals surface area contributed by atoms with Crippen LogP contribution in [0, 0.1) is 5.82 Å². The van der Waals surface area contributed by atoms with Crippen molar-refractivity contribution in [3.05, 3.63) is 69.5 Å². The second-order valence-electron chi connectivity index (χ2n) is 5.30. The van der Waals surface area contributed by atoms with Crippen molar-refractivity contribution in [1.29, 1.82) is 0 Å². The molecule has 0 unspecified atom stereocenters. The molecular weight excluding hydrogens is 331 g/mol. The van der Waals surface area contributed by atoms with E-state index < -0.39 is 23.9 Å². The van der Waals surface area contributed by atoms with Gasteiger partial charge in [-0.1, -0.05) is 12.1 Å². The number of nitrogens with one attached hydrogen (secondary N) is 2. The summed E-state index contributed by atoms with van der Waals surface area (Å²) in [5, 5.41) is 13.6. The zero-order valence-electron chi connectivity index (χ0n) is 12.8. The summed E-state index contributed by atoms with van der Waals surface area (Å²) in [6.07, 6.45) is 1.63. The van der Waals surface area contributed by atoms with Gasteiger partial charge in [-0.15, -0.1) is 0 Å². The number of benzene rings is 1. The van der Waals surface area contributed by atoms with Gasteiger partial charge < -0.3 is 10.4 Å². The van der Waals surface area contributed by atoms with Gasteiger partial charge in [0.25, 0.3) is 5.91 Å². The van der Waals surface area contributed by atoms with E-state index in [1.54, 1.807) is 12.1 Å². The van der Waals surface area contributed by atoms with Crippen LogP contribution in [0.1, 0.15) is 21.6 Å². The van der Waals surface area contributed by atoms with Gasteiger partial charge in [-0.25, -0.2) is 13.9 Å². The fraction of sp³-hybridized carbons (Fsp3) is 0.125. The van der Waals surface area contributed by atoms with Gasteiger partial charge in [-0.2, -0.15) is 0 Å². The van der Waals surface area contributed by atoms with Crippen molar-refractivity contribution in [2.75, 3.05) is 6.54 Å². The largest absolute Gasteiger partial charge is 0.480 e. The van der Waals surface area contributed by atoms with E-state index >= 15 is 0 Å². The number of hydrogen-bond donors (Lipinski definition) is 3. The Morgan fingerprint density at radius 1 is 1.28 bits per heavy atom. The lowest BCUT2D eigenvalue weighted by atomic mass is 10.1. The smallest absolute Gasteiger partial charge is 0.322 e. The van der Waals surface area contributed by atoms with Crippen LogP contribution in [0.4, 0.5) is 4.39 Å². The third kappa shape index (κ3) is 3.39. The van der Waals surface area contributed by atoms with Crippen LogP contribution in [0.3, 0.4) is 0 Å². The standard InChI is InChI=1S/C16H13FN4O4/c17-10-3-1-9(2-4-10)5-11-6-12(22)14(15-19-8-20-21(11)15)16(25)18-7-13(23)24/h1-4,6,8H,5,7H2,(H,18,25)(H,19,20)(H,23,24). The second kappa shape index (κ2) is 6.56. The number of carbonyl (C=O) groups is 2. The fourth-order valence-electron chi connectivity index (χ4n) is 2.46. The van der Waals surface area contributed by atoms with Crippen LogP contribution in [0.5, 0.6) is 0 Å². The summed E-state index contributed by atoms with van der Waals surface area (Å²) in [7, 11) is 0. The summed E-state index contributed by atoms with van der Waals surface area (Å²) in [5.74, 6) is -2.40. The quantitative estimate of drug-likeness (QED) is 0.625. The lowest BCUT2D eigenvalue weighted by molar-refractivity contribution is -0.135. The number of halogens is 1. The summed E-state index contributed by atoms with van der Waals surface area (Å²) >= 11 is 0. The first-order valence-electron chi connectivity index (χ1n) is 7.28. The molecule has 0 aliphatic rings. The molecule has 3 rings (SSSR count). The highest BCUT2D eigenvalue weighted by Crippen LogP contribution is 2.12. The Kier molecular flexibility index (Phi) is 4.29. The van der Waals surface area contributed by atoms with E-state index in [9.17, 15) is 18.8 Å². The number of hydrogen-bond acceptors (Lipinski definition) is 4. The molecule has 9 heteroatoms. The SMILES string of the molecule is O=C(O)CNC(=O)c1c(=O)cc(Cc2ccc(F)cc2)n2[nH]cnc12. The summed E-state index contributed by atoms with van der Waals surface area (Å²) in [5.41, 5.74) is 0.566. The monoisotopic (exact) mass is 344 g/mol. The first kappa shape index (κ1) is 16.4. The van der Waals surface area contributed by atoms with Gasteiger partial charge in [-0.3, -0.25) is 19.5 Å². The van der Waals surface area contributed by atoms with Crippen LogP contribution in [0.25, 0.3) is 5.65 Å². The van der Waals surface area contributed by atoms with Gasteiger partial charge in [0.15, 0.2) is 11.1 Å². The number of pyridine rings is 1. The van der Waals surface area contributed by atoms with Crippen molar-refractivity contribution in [2.24, 2.45) is 0 Å². The van der Waals surface area contributed by atoms with E-state index in [1.807, 2.05) is 0 Å². The third-order valence-corrected chi connectivity index (χ3v) is 3.57. The molecule has 2 heterocycles. The molecule has 0 atom stereocenters. The number of rotatable bonds is 5. The molecule has 0 saturated carbocycles. The van der Waals surface area contributed by atoms with Gasteiger partial charge in [0, 0.05) is 12.5 Å². The number of carbonyl (C=O) groups excluding carboxylic acids is 1. The number of aromatic amines is 1. The molecule has 3 aromatic rings. The van der Waals surface area contributed by atoms with E-state index in [0.717, 1.165) is 5.56 Å². The van der Waals surface area contributed by atoms with Crippen molar-refractivity contribution in [3.8, 4) is 0 Å². The number of carboxylic acid groups (broad SMARTS) is 1. The molecule has 25 heavy (non-hydrogen) atoms. The predicted octanol–water partition coefficient (Wildman–Crippen LogP) is 0.567. The minimum atomic E-state index is -1.22. The zero-order valence-corrected chi connectivity index (χ0v) is 12.8. The number of aliphatic carboxylic acids is 1. The Morgan fingerprint density at radius 2 is 2.00 bits per heavy atom. The van der Waals surface area contributed by atoms with Crippen molar-refractivity contribution in [1.82, 2.24) is 19.9 Å². The topological polar surface area (TPSA) is 117 Å². The van der Waals surface area contributed by atoms with Crippen molar-refractivity contribution >= 4 is 17.5 Å². The summed E-state index contributed by atoms with van der Waals surface area (Å²) in [6.45, 7) is -0.605. The maximum atomic E-state index is 13.0. The van der Waals surface area contributed by atoms with E-state index in [-0.39, 0.29) is 17.0 Å². The maximum absolute atomic E-state index is 13.0. The van der Waals surface area contributed by atoms with Gasteiger partial charge in [0.2, 0.25) is 0 Å². The molecule has 1 aromatic carbocycles. The Labute approximate surface area is 139 Å². The van der Waals surface area contributed by atoms with Crippen molar-refractivity contribution in [3.63, 3.8) is 0 Å². The second-order valence-corrected chi connectivity index (χ2v) is 5.30. The molecule has 128 valence electrons. The Bertz CT molecular complexity index is 1010. The summed E-state index contributed by atoms with van der Waals surface area (Å²) < 4.78 is 14.5. The van der Waals surface area contributed by atoms with Gasteiger partial charge in [-0.05, 0) is 17.7 Å². The highest BCUT2D eigenvalue weighted by Gasteiger charge is 2.19. The molecule has 2 aromatic heterocycles. The molecular formula is C16H13FN4O4. The van der Waals surface area contributed by atoms with Crippen LogP contribution < -0.4 is 10.7 Å². The number of amides is 1. The highest BCUT2D eigenvalue weighted by atomic mass is 19.1. The third-order valence-electron chi connectivity index (χ3n) is 3.57. The molecule has 0 aliphatic carbocycles. The number of carboxylic acids is 1. The first-order valence-corrected chi connectivity index (χ1v) is 7.28. The Balaban J connectivity index is 2.00. The Morgan fingerprint density at radius 3 is 2.68 bits per heavy atom. The molecule has 1 amide bonds. The summed E-state index contributed by atoms with van der Waals surface area (Å²) in [6, 6.07) is 7.09. The minimum absolute atomic E-state index is 0.0903. The van der Waals surface area contributed by atoms with Gasteiger partial charge in [0.05, 0.1) is 5.69 Å². The number of nitrogens with zero attached hydrogens (tertiary/aromatic N) is 2. The molecule has 0 radical (unpaired) electrons. The van der Waals surface area contributed by atoms with Gasteiger partial charge in [0.1, 0.15) is 24.3 Å². The van der Waals surface area contributed by atoms with E-state index in [4.69, 9.17) is 5.11 Å². The zero-order chi connectivity index (χ0) is 18.0. The van der Waals surface area contributed by atoms with E-state index in [1.165, 1.54) is 29.0 Å². The van der Waals surface area contributed by atoms with Crippen LogP contribution in [-0.2, 0) is 11.2 Å². The molecule has 0 spiro atoms. The molecule has 8 nitrogen and oxygen atoms in total. The number of aromatic nitrogens is 3. The molecule has 3 N–H and O–H groups in total. The fourth-order valence-corrected chi connectivity index (χ4v) is 2.46. The van der Waals surface area contributed by atoms with E-state index in [2.05, 4.69) is 15.4 Å². The lowest BCUT2D eigenvalue weighted by Crippen LogP contribution is -2.33. The Hall–Kier alpha value is -3.49. The van der Waals surface area contributed by atoms with E-state index in [0.29, 0.717) is 12.1 Å². The minimum Gasteiger partial charge on any atom is -0.480 e. The highest BCUT2D eigenvalue weighted by molar-refractivity contribution is 6.00. The molecule has 0 fully saturated rings. The first-order chi connectivity index (χ1) is 12.0. The van der Waals surface area contributed by atoms with Crippen molar-refractivity contribution < 1.29 is 19.1 Å². The normalized spacial score (nSPS) is 10.8. The van der Waals surface area contributed by atoms with Crippen LogP contribution >= 0.6 is 0 Å². The molecule has 0 saturated heterocycles. The molecule has 0 aliphatic heterocycles. The number of fused-ring (bicyclic) bond motifs is 1. The van der Waals surface area contributed by atoms with Crippen molar-refractivity contribution in [2.45, 2.75) is 6.42 Å². The van der Waals surface area contributed by atoms with Crippen LogP contribution in [-0.4, -0.2) is 38.1 Å². The lowest BCUT2D eigenvalue weighted by Gasteiger charge is -2.08. The van der Waals surface area contributed by atoms with Crippen LogP contribution in [0.2, 0.25) is 0 Å². The average Bonchev–Trinajstić information content (AvgIpc) is 3.04. The van der Waals surface area contributed by atoms with Gasteiger partial charge >= 0.3 is 5.97 Å². The van der Waals surface area contributed by atoms with Crippen LogP contribution in [0.15, 0.2) is 41.5 Å². The maximum Gasteiger partial charge on any atom is 0.322 e. The number of H-pyrrole nitrogens is 1. The average molecular weight is 344 g/mol.